The van der Waals surface area contributed by atoms with Crippen LogP contribution in [0.4, 0.5) is 5.69 Å². The van der Waals surface area contributed by atoms with Gasteiger partial charge in [0.1, 0.15) is 18.1 Å². The standard InChI is InChI=1S/C37H33N3O6S/c1-23-33(35(41)39-27-13-9-6-10-14-27)34(25-11-7-5-8-12-25)40-36(42)32(47-37(40)38-23)20-24-15-17-30(31(19-24)45-4)46-22-26-21-28(43-2)16-18-29(26)44-3/h5-21,34H,22H2,1-4H3,(H,39,41)/b32-20-/t34-/m1/s1. The van der Waals surface area contributed by atoms with Gasteiger partial charge in [-0.25, -0.2) is 4.99 Å². The van der Waals surface area contributed by atoms with E-state index in [0.717, 1.165) is 16.7 Å². The molecule has 2 heterocycles. The molecular weight excluding hydrogens is 614 g/mol. The second kappa shape index (κ2) is 13.8. The van der Waals surface area contributed by atoms with Crippen LogP contribution >= 0.6 is 11.3 Å². The van der Waals surface area contributed by atoms with Crippen molar-refractivity contribution in [2.45, 2.75) is 19.6 Å². The summed E-state index contributed by atoms with van der Waals surface area (Å²) in [4.78, 5) is 33.0. The van der Waals surface area contributed by atoms with Gasteiger partial charge in [-0.3, -0.25) is 14.2 Å². The lowest BCUT2D eigenvalue weighted by Gasteiger charge is -2.25. The first-order valence-electron chi connectivity index (χ1n) is 14.9. The van der Waals surface area contributed by atoms with E-state index in [0.29, 0.717) is 49.3 Å². The largest absolute Gasteiger partial charge is 0.497 e. The van der Waals surface area contributed by atoms with Crippen LogP contribution in [0.15, 0.2) is 118 Å². The highest BCUT2D eigenvalue weighted by atomic mass is 32.1. The molecule has 1 N–H and O–H groups in total. The first-order valence-corrected chi connectivity index (χ1v) is 15.7. The number of fused-ring (bicyclic) bond motifs is 1. The molecule has 1 aliphatic heterocycles. The van der Waals surface area contributed by atoms with Gasteiger partial charge in [-0.15, -0.1) is 0 Å². The van der Waals surface area contributed by atoms with E-state index >= 15 is 0 Å². The number of nitrogens with one attached hydrogen (secondary N) is 1. The zero-order chi connectivity index (χ0) is 32.9. The van der Waals surface area contributed by atoms with Crippen LogP contribution in [0, 0.1) is 0 Å². The van der Waals surface area contributed by atoms with Crippen molar-refractivity contribution in [2.75, 3.05) is 26.6 Å². The van der Waals surface area contributed by atoms with E-state index in [9.17, 15) is 9.59 Å². The number of carbonyl (C=O) groups excluding carboxylic acids is 1. The van der Waals surface area contributed by atoms with Gasteiger partial charge >= 0.3 is 0 Å². The Morgan fingerprint density at radius 3 is 2.28 bits per heavy atom. The fourth-order valence-electron chi connectivity index (χ4n) is 5.48. The monoisotopic (exact) mass is 647 g/mol. The zero-order valence-corrected chi connectivity index (χ0v) is 27.2. The Labute approximate surface area is 275 Å². The summed E-state index contributed by atoms with van der Waals surface area (Å²) in [5.41, 5.74) is 3.75. The molecule has 4 aromatic carbocycles. The third kappa shape index (κ3) is 6.54. The molecule has 47 heavy (non-hydrogen) atoms. The minimum atomic E-state index is -0.655. The normalized spacial score (nSPS) is 14.2. The van der Waals surface area contributed by atoms with E-state index < -0.39 is 6.04 Å². The van der Waals surface area contributed by atoms with Gasteiger partial charge in [-0.1, -0.05) is 65.9 Å². The van der Waals surface area contributed by atoms with Gasteiger partial charge in [-0.2, -0.15) is 0 Å². The number of aromatic nitrogens is 1. The van der Waals surface area contributed by atoms with Crippen LogP contribution in [0.3, 0.4) is 0 Å². The Kier molecular flexibility index (Phi) is 9.21. The molecule has 1 amide bonds. The number of nitrogens with zero attached hydrogens (tertiary/aromatic N) is 2. The molecule has 1 atom stereocenters. The molecule has 0 radical (unpaired) electrons. The van der Waals surface area contributed by atoms with Gasteiger partial charge in [0.05, 0.1) is 43.2 Å². The highest BCUT2D eigenvalue weighted by Gasteiger charge is 2.32. The number of ether oxygens (including phenoxy) is 4. The van der Waals surface area contributed by atoms with Crippen molar-refractivity contribution in [1.82, 2.24) is 4.57 Å². The molecular formula is C37H33N3O6S. The van der Waals surface area contributed by atoms with Gasteiger partial charge in [-0.05, 0) is 66.6 Å². The summed E-state index contributed by atoms with van der Waals surface area (Å²) >= 11 is 1.27. The first-order chi connectivity index (χ1) is 22.9. The molecule has 1 aromatic heterocycles. The quantitative estimate of drug-likeness (QED) is 0.216. The number of methoxy groups -OCH3 is 3. The van der Waals surface area contributed by atoms with E-state index in [1.807, 2.05) is 91.0 Å². The smallest absolute Gasteiger partial charge is 0.271 e. The van der Waals surface area contributed by atoms with Crippen molar-refractivity contribution in [3.63, 3.8) is 0 Å². The van der Waals surface area contributed by atoms with Gasteiger partial charge in [0.25, 0.3) is 11.5 Å². The number of allylic oxidation sites excluding steroid dienone is 1. The minimum absolute atomic E-state index is 0.230. The van der Waals surface area contributed by atoms with E-state index in [1.54, 1.807) is 45.0 Å². The van der Waals surface area contributed by atoms with E-state index in [4.69, 9.17) is 23.9 Å². The molecule has 6 rings (SSSR count). The average molecular weight is 648 g/mol. The number of anilines is 1. The molecule has 10 heteroatoms. The summed E-state index contributed by atoms with van der Waals surface area (Å²) in [7, 11) is 4.78. The van der Waals surface area contributed by atoms with Crippen molar-refractivity contribution >= 4 is 29.0 Å². The fraction of sp³-hybridized carbons (Fsp3) is 0.162. The Bertz CT molecular complexity index is 2140. The maximum Gasteiger partial charge on any atom is 0.271 e. The van der Waals surface area contributed by atoms with Crippen molar-refractivity contribution in [3.8, 4) is 23.0 Å². The summed E-state index contributed by atoms with van der Waals surface area (Å²) in [5.74, 6) is 2.10. The molecule has 0 aliphatic carbocycles. The summed E-state index contributed by atoms with van der Waals surface area (Å²) in [6.45, 7) is 2.03. The van der Waals surface area contributed by atoms with Crippen LogP contribution in [-0.2, 0) is 11.4 Å². The van der Waals surface area contributed by atoms with Crippen LogP contribution in [0.25, 0.3) is 6.08 Å². The van der Waals surface area contributed by atoms with Crippen LogP contribution in [-0.4, -0.2) is 31.8 Å². The van der Waals surface area contributed by atoms with Gasteiger partial charge < -0.3 is 24.3 Å². The van der Waals surface area contributed by atoms with Crippen LogP contribution < -0.4 is 39.2 Å². The lowest BCUT2D eigenvalue weighted by molar-refractivity contribution is -0.113. The van der Waals surface area contributed by atoms with Crippen molar-refractivity contribution < 1.29 is 23.7 Å². The topological polar surface area (TPSA) is 100 Å². The number of hydrogen-bond acceptors (Lipinski definition) is 8. The second-order valence-electron chi connectivity index (χ2n) is 10.7. The van der Waals surface area contributed by atoms with Crippen molar-refractivity contribution in [1.29, 1.82) is 0 Å². The molecule has 0 saturated heterocycles. The molecule has 0 saturated carbocycles. The summed E-state index contributed by atoms with van der Waals surface area (Å²) in [6.07, 6.45) is 1.80. The third-order valence-electron chi connectivity index (χ3n) is 7.77. The summed E-state index contributed by atoms with van der Waals surface area (Å²) in [6, 6.07) is 29.1. The Morgan fingerprint density at radius 1 is 0.872 bits per heavy atom. The van der Waals surface area contributed by atoms with Crippen LogP contribution in [0.5, 0.6) is 23.0 Å². The van der Waals surface area contributed by atoms with Gasteiger partial charge in [0, 0.05) is 11.3 Å². The number of benzene rings is 4. The Morgan fingerprint density at radius 2 is 1.57 bits per heavy atom. The van der Waals surface area contributed by atoms with Crippen molar-refractivity contribution in [3.05, 3.63) is 145 Å². The highest BCUT2D eigenvalue weighted by Crippen LogP contribution is 2.32. The molecule has 5 aromatic rings. The van der Waals surface area contributed by atoms with E-state index in [1.165, 1.54) is 11.3 Å². The molecule has 0 unspecified atom stereocenters. The maximum absolute atomic E-state index is 14.1. The van der Waals surface area contributed by atoms with Crippen molar-refractivity contribution in [2.24, 2.45) is 4.99 Å². The van der Waals surface area contributed by atoms with E-state index in [-0.39, 0.29) is 18.1 Å². The number of rotatable bonds is 10. The number of para-hydroxylation sites is 1. The lowest BCUT2D eigenvalue weighted by Crippen LogP contribution is -2.40. The Hall–Kier alpha value is -5.61. The molecule has 238 valence electrons. The third-order valence-corrected chi connectivity index (χ3v) is 8.75. The number of carbonyl (C=O) groups is 1. The summed E-state index contributed by atoms with van der Waals surface area (Å²) < 4.78 is 24.7. The molecule has 0 fully saturated rings. The van der Waals surface area contributed by atoms with Gasteiger partial charge in [0.15, 0.2) is 16.3 Å². The number of amides is 1. The highest BCUT2D eigenvalue weighted by molar-refractivity contribution is 7.07. The minimum Gasteiger partial charge on any atom is -0.497 e. The van der Waals surface area contributed by atoms with Crippen LogP contribution in [0.2, 0.25) is 0 Å². The van der Waals surface area contributed by atoms with E-state index in [2.05, 4.69) is 5.32 Å². The number of hydrogen-bond donors (Lipinski definition) is 1. The molecule has 0 spiro atoms. The Balaban J connectivity index is 1.35. The average Bonchev–Trinajstić information content (AvgIpc) is 3.40. The predicted molar refractivity (Wildman–Crippen MR) is 182 cm³/mol. The lowest BCUT2D eigenvalue weighted by atomic mass is 9.95. The van der Waals surface area contributed by atoms with Gasteiger partial charge in [0.2, 0.25) is 0 Å². The zero-order valence-electron chi connectivity index (χ0n) is 26.4. The van der Waals surface area contributed by atoms with Crippen LogP contribution in [0.1, 0.15) is 29.7 Å². The molecule has 9 nitrogen and oxygen atoms in total. The SMILES string of the molecule is COc1ccc(OC)c(COc2ccc(/C=c3\sc4n(c3=O)[C@H](c3ccccc3)C(C(=O)Nc3ccccc3)=C(C)N=4)cc2OC)c1. The second-order valence-corrected chi connectivity index (χ2v) is 11.7. The summed E-state index contributed by atoms with van der Waals surface area (Å²) in [5, 5.41) is 2.97. The maximum atomic E-state index is 14.1. The molecule has 0 bridgehead atoms. The fourth-order valence-corrected chi connectivity index (χ4v) is 6.52. The number of thiazole rings is 1. The molecule has 1 aliphatic rings. The first kappa shape index (κ1) is 31.4. The predicted octanol–water partition coefficient (Wildman–Crippen LogP) is 5.48.